The van der Waals surface area contributed by atoms with Crippen LogP contribution in [-0.2, 0) is 17.8 Å². The van der Waals surface area contributed by atoms with Crippen molar-refractivity contribution in [2.75, 3.05) is 13.6 Å². The van der Waals surface area contributed by atoms with Crippen molar-refractivity contribution in [2.24, 2.45) is 0 Å². The Morgan fingerprint density at radius 3 is 2.84 bits per heavy atom. The van der Waals surface area contributed by atoms with Crippen LogP contribution in [0.5, 0.6) is 0 Å². The van der Waals surface area contributed by atoms with E-state index in [1.807, 2.05) is 37.8 Å². The Morgan fingerprint density at radius 1 is 1.47 bits per heavy atom. The van der Waals surface area contributed by atoms with E-state index in [4.69, 9.17) is 0 Å². The summed E-state index contributed by atoms with van der Waals surface area (Å²) in [6.07, 6.45) is 4.08. The van der Waals surface area contributed by atoms with E-state index in [2.05, 4.69) is 10.1 Å². The lowest BCUT2D eigenvalue weighted by atomic mass is 10.3. The quantitative estimate of drug-likeness (QED) is 0.835. The van der Waals surface area contributed by atoms with E-state index in [-0.39, 0.29) is 5.91 Å². The molecule has 0 spiro atoms. The van der Waals surface area contributed by atoms with Gasteiger partial charge in [-0.05, 0) is 19.9 Å². The van der Waals surface area contributed by atoms with Gasteiger partial charge in [0.1, 0.15) is 0 Å². The molecule has 0 radical (unpaired) electrons. The molecular formula is C13H18N4OS. The molecule has 0 unspecified atom stereocenters. The van der Waals surface area contributed by atoms with Crippen LogP contribution in [0.1, 0.15) is 15.6 Å². The maximum atomic E-state index is 12.1. The number of likely N-dealkylation sites (N-methyl/N-ethyl adjacent to an activating group) is 1. The van der Waals surface area contributed by atoms with Crippen molar-refractivity contribution in [3.63, 3.8) is 0 Å². The summed E-state index contributed by atoms with van der Waals surface area (Å²) in [5.41, 5.74) is 0.969. The summed E-state index contributed by atoms with van der Waals surface area (Å²) in [4.78, 5) is 19.3. The zero-order valence-electron chi connectivity index (χ0n) is 11.5. The molecule has 0 N–H and O–H groups in total. The van der Waals surface area contributed by atoms with Crippen molar-refractivity contribution in [3.05, 3.63) is 34.0 Å². The molecule has 0 bridgehead atoms. The highest BCUT2D eigenvalue weighted by molar-refractivity contribution is 7.11. The van der Waals surface area contributed by atoms with Gasteiger partial charge in [-0.2, -0.15) is 5.10 Å². The van der Waals surface area contributed by atoms with Crippen LogP contribution in [0.4, 0.5) is 0 Å². The minimum absolute atomic E-state index is 0.124. The van der Waals surface area contributed by atoms with Crippen LogP contribution in [0.2, 0.25) is 0 Å². The number of thiazole rings is 1. The third-order valence-electron chi connectivity index (χ3n) is 2.96. The maximum absolute atomic E-state index is 12.1. The smallest absolute Gasteiger partial charge is 0.227 e. The fourth-order valence-electron chi connectivity index (χ4n) is 1.82. The minimum Gasteiger partial charge on any atom is -0.344 e. The first kappa shape index (κ1) is 13.7. The van der Waals surface area contributed by atoms with Gasteiger partial charge in [-0.3, -0.25) is 9.48 Å². The first-order valence-corrected chi connectivity index (χ1v) is 7.02. The fraction of sp³-hybridized carbons (Fsp3) is 0.462. The molecule has 0 saturated heterocycles. The third kappa shape index (κ3) is 3.64. The van der Waals surface area contributed by atoms with Gasteiger partial charge in [-0.25, -0.2) is 4.98 Å². The molecule has 0 fully saturated rings. The molecule has 0 aliphatic rings. The summed E-state index contributed by atoms with van der Waals surface area (Å²) >= 11 is 1.60. The molecule has 1 amide bonds. The van der Waals surface area contributed by atoms with Gasteiger partial charge in [-0.1, -0.05) is 0 Å². The Hall–Kier alpha value is -1.69. The van der Waals surface area contributed by atoms with Crippen molar-refractivity contribution >= 4 is 17.2 Å². The van der Waals surface area contributed by atoms with Crippen molar-refractivity contribution in [2.45, 2.75) is 26.8 Å². The molecule has 2 aromatic rings. The van der Waals surface area contributed by atoms with E-state index < -0.39 is 0 Å². The number of hydrogen-bond acceptors (Lipinski definition) is 4. The van der Waals surface area contributed by atoms with Crippen molar-refractivity contribution in [1.82, 2.24) is 19.7 Å². The molecule has 2 rings (SSSR count). The van der Waals surface area contributed by atoms with Gasteiger partial charge < -0.3 is 4.90 Å². The lowest BCUT2D eigenvalue weighted by Gasteiger charge is -2.16. The second kappa shape index (κ2) is 5.97. The summed E-state index contributed by atoms with van der Waals surface area (Å²) in [6.45, 7) is 5.30. The summed E-state index contributed by atoms with van der Waals surface area (Å²) in [5, 5.41) is 5.13. The van der Waals surface area contributed by atoms with Crippen LogP contribution < -0.4 is 0 Å². The maximum Gasteiger partial charge on any atom is 0.227 e. The standard InChI is InChI=1S/C13H18N4OS/c1-10-12(19-11(2)15-10)9-13(18)16(3)7-8-17-6-4-5-14-17/h4-6H,7-9H2,1-3H3. The van der Waals surface area contributed by atoms with Gasteiger partial charge in [0, 0.05) is 30.9 Å². The number of aromatic nitrogens is 3. The van der Waals surface area contributed by atoms with Crippen LogP contribution in [0.25, 0.3) is 0 Å². The molecule has 19 heavy (non-hydrogen) atoms. The van der Waals surface area contributed by atoms with Crippen LogP contribution >= 0.6 is 11.3 Å². The molecule has 102 valence electrons. The van der Waals surface area contributed by atoms with E-state index in [1.165, 1.54) is 0 Å². The first-order valence-electron chi connectivity index (χ1n) is 6.20. The predicted octanol–water partition coefficient (Wildman–Crippen LogP) is 1.66. The number of carbonyl (C=O) groups is 1. The topological polar surface area (TPSA) is 51.0 Å². The van der Waals surface area contributed by atoms with Crippen molar-refractivity contribution < 1.29 is 4.79 Å². The van der Waals surface area contributed by atoms with Crippen LogP contribution in [0, 0.1) is 13.8 Å². The molecular weight excluding hydrogens is 260 g/mol. The van der Waals surface area contributed by atoms with Crippen LogP contribution in [-0.4, -0.2) is 39.2 Å². The lowest BCUT2D eigenvalue weighted by molar-refractivity contribution is -0.129. The van der Waals surface area contributed by atoms with E-state index in [0.717, 1.165) is 22.1 Å². The average molecular weight is 278 g/mol. The van der Waals surface area contributed by atoms with Gasteiger partial charge in [0.2, 0.25) is 5.91 Å². The molecule has 6 heteroatoms. The third-order valence-corrected chi connectivity index (χ3v) is 4.03. The number of rotatable bonds is 5. The first-order chi connectivity index (χ1) is 9.06. The Balaban J connectivity index is 1.87. The Morgan fingerprint density at radius 2 is 2.26 bits per heavy atom. The van der Waals surface area contributed by atoms with Crippen molar-refractivity contribution in [1.29, 1.82) is 0 Å². The number of carbonyl (C=O) groups excluding carboxylic acids is 1. The minimum atomic E-state index is 0.124. The van der Waals surface area contributed by atoms with Gasteiger partial charge >= 0.3 is 0 Å². The number of nitrogens with zero attached hydrogens (tertiary/aromatic N) is 4. The van der Waals surface area contributed by atoms with Gasteiger partial charge in [0.05, 0.1) is 23.7 Å². The molecule has 0 saturated carbocycles. The van der Waals surface area contributed by atoms with E-state index in [1.54, 1.807) is 22.4 Å². The summed E-state index contributed by atoms with van der Waals surface area (Å²) in [5.74, 6) is 0.124. The number of hydrogen-bond donors (Lipinski definition) is 0. The van der Waals surface area contributed by atoms with Crippen LogP contribution in [0.3, 0.4) is 0 Å². The van der Waals surface area contributed by atoms with Crippen molar-refractivity contribution in [3.8, 4) is 0 Å². The summed E-state index contributed by atoms with van der Waals surface area (Å²) in [7, 11) is 1.83. The lowest BCUT2D eigenvalue weighted by Crippen LogP contribution is -2.31. The number of aryl methyl sites for hydroxylation is 2. The zero-order chi connectivity index (χ0) is 13.8. The Bertz CT molecular complexity index is 547. The highest BCUT2D eigenvalue weighted by Gasteiger charge is 2.13. The molecule has 0 atom stereocenters. The van der Waals surface area contributed by atoms with E-state index >= 15 is 0 Å². The van der Waals surface area contributed by atoms with E-state index in [9.17, 15) is 4.79 Å². The fourth-order valence-corrected chi connectivity index (χ4v) is 2.75. The molecule has 2 heterocycles. The number of amides is 1. The second-order valence-electron chi connectivity index (χ2n) is 4.50. The highest BCUT2D eigenvalue weighted by atomic mass is 32.1. The molecule has 0 aliphatic heterocycles. The predicted molar refractivity (Wildman–Crippen MR) is 75.2 cm³/mol. The van der Waals surface area contributed by atoms with Crippen LogP contribution in [0.15, 0.2) is 18.5 Å². The second-order valence-corrected chi connectivity index (χ2v) is 5.79. The average Bonchev–Trinajstić information content (AvgIpc) is 2.97. The van der Waals surface area contributed by atoms with Gasteiger partial charge in [0.25, 0.3) is 0 Å². The molecule has 5 nitrogen and oxygen atoms in total. The normalized spacial score (nSPS) is 10.7. The van der Waals surface area contributed by atoms with Gasteiger partial charge in [0.15, 0.2) is 0 Å². The SMILES string of the molecule is Cc1nc(C)c(CC(=O)N(C)CCn2cccn2)s1. The largest absolute Gasteiger partial charge is 0.344 e. The zero-order valence-corrected chi connectivity index (χ0v) is 12.3. The Kier molecular flexibility index (Phi) is 4.31. The van der Waals surface area contributed by atoms with E-state index in [0.29, 0.717) is 13.0 Å². The molecule has 0 aromatic carbocycles. The monoisotopic (exact) mass is 278 g/mol. The van der Waals surface area contributed by atoms with Gasteiger partial charge in [-0.15, -0.1) is 11.3 Å². The summed E-state index contributed by atoms with van der Waals surface area (Å²) in [6, 6.07) is 1.88. The molecule has 2 aromatic heterocycles. The highest BCUT2D eigenvalue weighted by Crippen LogP contribution is 2.18. The molecule has 0 aliphatic carbocycles. The summed E-state index contributed by atoms with van der Waals surface area (Å²) < 4.78 is 1.83. The Labute approximate surface area is 116 Å².